The summed E-state index contributed by atoms with van der Waals surface area (Å²) < 4.78 is 40.6. The first-order chi connectivity index (χ1) is 21.8. The third-order valence-electron chi connectivity index (χ3n) is 8.18. The Bertz CT molecular complexity index is 2130. The van der Waals surface area contributed by atoms with E-state index < -0.39 is 11.6 Å². The van der Waals surface area contributed by atoms with Crippen molar-refractivity contribution in [2.75, 3.05) is 19.8 Å². The highest BCUT2D eigenvalue weighted by Crippen LogP contribution is 2.47. The van der Waals surface area contributed by atoms with Crippen molar-refractivity contribution in [3.63, 3.8) is 0 Å². The van der Waals surface area contributed by atoms with Crippen molar-refractivity contribution in [1.29, 1.82) is 0 Å². The van der Waals surface area contributed by atoms with Crippen LogP contribution in [0.1, 0.15) is 18.7 Å². The van der Waals surface area contributed by atoms with Gasteiger partial charge >= 0.3 is 0 Å². The van der Waals surface area contributed by atoms with Gasteiger partial charge in [0.25, 0.3) is 0 Å². The molecule has 0 saturated heterocycles. The second kappa shape index (κ2) is 11.2. The number of imidazole rings is 1. The van der Waals surface area contributed by atoms with Gasteiger partial charge in [-0.2, -0.15) is 5.10 Å². The van der Waals surface area contributed by atoms with Gasteiger partial charge in [0, 0.05) is 46.9 Å². The lowest BCUT2D eigenvalue weighted by atomic mass is 9.96. The normalized spacial score (nSPS) is 14.7. The molecule has 1 aliphatic rings. The van der Waals surface area contributed by atoms with Gasteiger partial charge in [-0.15, -0.1) is 11.3 Å². The number of ether oxygens (including phenoxy) is 1. The number of hydrogen-bond acceptors (Lipinski definition) is 7. The number of rotatable bonds is 7. The van der Waals surface area contributed by atoms with Crippen molar-refractivity contribution in [2.24, 2.45) is 7.05 Å². The number of carbonyl (C=O) groups excluding carboxylic acids is 1. The summed E-state index contributed by atoms with van der Waals surface area (Å²) in [5.41, 5.74) is 5.32. The molecule has 1 aliphatic heterocycles. The van der Waals surface area contributed by atoms with E-state index in [0.29, 0.717) is 40.4 Å². The Labute approximate surface area is 260 Å². The topological polar surface area (TPSA) is 98.3 Å². The smallest absolute Gasteiger partial charge is 0.246 e. The van der Waals surface area contributed by atoms with E-state index in [2.05, 4.69) is 11.6 Å². The van der Waals surface area contributed by atoms with Crippen LogP contribution in [0.15, 0.2) is 66.8 Å². The monoisotopic (exact) mass is 626 g/mol. The molecule has 45 heavy (non-hydrogen) atoms. The van der Waals surface area contributed by atoms with Crippen LogP contribution in [0.4, 0.5) is 8.78 Å². The largest absolute Gasteiger partial charge is 0.490 e. The molecule has 0 spiro atoms. The van der Waals surface area contributed by atoms with Crippen molar-refractivity contribution in [1.82, 2.24) is 29.2 Å². The number of pyridine rings is 1. The minimum Gasteiger partial charge on any atom is -0.490 e. The van der Waals surface area contributed by atoms with Crippen LogP contribution >= 0.6 is 11.3 Å². The standard InChI is InChI=1S/C33H28F2N6O3S/c1-4-28(43)40-8-9-41-25(18(40)2)16-24(38-41)32-30(29-22(35)14-20(34)15-27(29)44-11-10-42)33-21(7-12-45-33)31(37-32)19-5-6-23-26(13-19)39(3)17-36-23/h4-7,12-18,42H,1,8-11H2,2-3H3. The minimum absolute atomic E-state index is 0.0240. The first-order valence-corrected chi connectivity index (χ1v) is 15.2. The summed E-state index contributed by atoms with van der Waals surface area (Å²) in [4.78, 5) is 23.9. The summed E-state index contributed by atoms with van der Waals surface area (Å²) in [5, 5.41) is 17.0. The Balaban J connectivity index is 1.52. The van der Waals surface area contributed by atoms with Gasteiger partial charge in [0.1, 0.15) is 35.4 Å². The highest BCUT2D eigenvalue weighted by Gasteiger charge is 2.31. The van der Waals surface area contributed by atoms with Gasteiger partial charge in [0.05, 0.1) is 53.5 Å². The number of nitrogens with zero attached hydrogens (tertiary/aromatic N) is 6. The molecule has 1 unspecified atom stereocenters. The van der Waals surface area contributed by atoms with Crippen LogP contribution in [0.3, 0.4) is 0 Å². The van der Waals surface area contributed by atoms with Crippen LogP contribution in [-0.4, -0.2) is 60.0 Å². The van der Waals surface area contributed by atoms with Crippen molar-refractivity contribution < 1.29 is 23.4 Å². The van der Waals surface area contributed by atoms with E-state index in [4.69, 9.17) is 14.8 Å². The summed E-state index contributed by atoms with van der Waals surface area (Å²) in [6.07, 6.45) is 3.05. The van der Waals surface area contributed by atoms with E-state index >= 15 is 4.39 Å². The summed E-state index contributed by atoms with van der Waals surface area (Å²) in [6.45, 7) is 5.97. The van der Waals surface area contributed by atoms with Crippen LogP contribution in [0, 0.1) is 11.6 Å². The molecule has 2 aromatic carbocycles. The van der Waals surface area contributed by atoms with Crippen molar-refractivity contribution >= 4 is 38.4 Å². The predicted octanol–water partition coefficient (Wildman–Crippen LogP) is 6.12. The van der Waals surface area contributed by atoms with Gasteiger partial charge in [0.2, 0.25) is 5.91 Å². The molecule has 12 heteroatoms. The number of aliphatic hydroxyl groups excluding tert-OH is 1. The van der Waals surface area contributed by atoms with Crippen LogP contribution in [-0.2, 0) is 18.4 Å². The minimum atomic E-state index is -0.829. The van der Waals surface area contributed by atoms with Gasteiger partial charge in [-0.05, 0) is 42.6 Å². The Morgan fingerprint density at radius 1 is 1.16 bits per heavy atom. The maximum atomic E-state index is 15.9. The van der Waals surface area contributed by atoms with E-state index in [1.807, 2.05) is 58.9 Å². The number of halogens is 2. The average Bonchev–Trinajstić information content (AvgIpc) is 3.78. The molecular formula is C33H28F2N6O3S. The lowest BCUT2D eigenvalue weighted by Crippen LogP contribution is -2.40. The van der Waals surface area contributed by atoms with Gasteiger partial charge < -0.3 is 19.3 Å². The number of carbonyl (C=O) groups is 1. The van der Waals surface area contributed by atoms with Crippen molar-refractivity contribution in [2.45, 2.75) is 19.5 Å². The van der Waals surface area contributed by atoms with E-state index in [0.717, 1.165) is 39.8 Å². The fourth-order valence-electron chi connectivity index (χ4n) is 6.03. The van der Waals surface area contributed by atoms with Gasteiger partial charge in [-0.1, -0.05) is 12.6 Å². The lowest BCUT2D eigenvalue weighted by Gasteiger charge is -2.33. The van der Waals surface area contributed by atoms with Gasteiger partial charge in [-0.3, -0.25) is 9.48 Å². The molecule has 1 N–H and O–H groups in total. The Kier molecular flexibility index (Phi) is 7.17. The first kappa shape index (κ1) is 28.8. The molecular weight excluding hydrogens is 598 g/mol. The van der Waals surface area contributed by atoms with Crippen LogP contribution in [0.2, 0.25) is 0 Å². The molecule has 0 radical (unpaired) electrons. The zero-order chi connectivity index (χ0) is 31.4. The molecule has 0 fully saturated rings. The fraction of sp³-hybridized carbons (Fsp3) is 0.212. The second-order valence-corrected chi connectivity index (χ2v) is 11.7. The van der Waals surface area contributed by atoms with E-state index in [9.17, 15) is 14.3 Å². The number of benzene rings is 2. The third kappa shape index (κ3) is 4.77. The van der Waals surface area contributed by atoms with Crippen molar-refractivity contribution in [3.8, 4) is 39.5 Å². The first-order valence-electron chi connectivity index (χ1n) is 14.4. The number of aromatic nitrogens is 5. The van der Waals surface area contributed by atoms with E-state index in [1.165, 1.54) is 17.4 Å². The molecule has 228 valence electrons. The lowest BCUT2D eigenvalue weighted by molar-refractivity contribution is -0.129. The maximum Gasteiger partial charge on any atom is 0.246 e. The number of thiophene rings is 1. The molecule has 1 atom stereocenters. The zero-order valence-electron chi connectivity index (χ0n) is 24.5. The second-order valence-electron chi connectivity index (χ2n) is 10.8. The zero-order valence-corrected chi connectivity index (χ0v) is 25.3. The highest BCUT2D eigenvalue weighted by molar-refractivity contribution is 7.18. The molecule has 6 aromatic rings. The van der Waals surface area contributed by atoms with Crippen LogP contribution in [0.5, 0.6) is 5.75 Å². The number of aliphatic hydroxyl groups is 1. The summed E-state index contributed by atoms with van der Waals surface area (Å²) in [5.74, 6) is -1.86. The molecule has 1 amide bonds. The number of fused-ring (bicyclic) bond motifs is 3. The molecule has 4 aromatic heterocycles. The average molecular weight is 627 g/mol. The summed E-state index contributed by atoms with van der Waals surface area (Å²) in [7, 11) is 1.92. The molecule has 5 heterocycles. The quantitative estimate of drug-likeness (QED) is 0.215. The molecule has 0 aliphatic carbocycles. The number of aryl methyl sites for hydroxylation is 1. The Hall–Kier alpha value is -4.94. The summed E-state index contributed by atoms with van der Waals surface area (Å²) in [6, 6.07) is 11.3. The Morgan fingerprint density at radius 3 is 2.80 bits per heavy atom. The Morgan fingerprint density at radius 2 is 2.00 bits per heavy atom. The van der Waals surface area contributed by atoms with Gasteiger partial charge in [-0.25, -0.2) is 18.7 Å². The SMILES string of the molecule is C=CC(=O)N1CCn2nc(-c3nc(-c4ccc5ncn(C)c5c4)c4ccsc4c3-c3c(F)cc(F)cc3OCCO)cc2C1C. The number of hydrogen-bond donors (Lipinski definition) is 1. The third-order valence-corrected chi connectivity index (χ3v) is 9.12. The number of amides is 1. The van der Waals surface area contributed by atoms with Gasteiger partial charge in [0.15, 0.2) is 0 Å². The molecule has 7 rings (SSSR count). The van der Waals surface area contributed by atoms with Crippen LogP contribution in [0.25, 0.3) is 54.9 Å². The van der Waals surface area contributed by atoms with Crippen molar-refractivity contribution in [3.05, 3.63) is 84.2 Å². The van der Waals surface area contributed by atoms with Crippen LogP contribution < -0.4 is 4.74 Å². The van der Waals surface area contributed by atoms with E-state index in [1.54, 1.807) is 11.2 Å². The maximum absolute atomic E-state index is 15.9. The highest BCUT2D eigenvalue weighted by atomic mass is 32.1. The molecule has 0 bridgehead atoms. The van der Waals surface area contributed by atoms with E-state index in [-0.39, 0.29) is 36.5 Å². The predicted molar refractivity (Wildman–Crippen MR) is 169 cm³/mol. The molecule has 0 saturated carbocycles. The fourth-order valence-corrected chi connectivity index (χ4v) is 6.98. The molecule has 9 nitrogen and oxygen atoms in total. The summed E-state index contributed by atoms with van der Waals surface area (Å²) >= 11 is 1.40.